The van der Waals surface area contributed by atoms with Crippen molar-refractivity contribution in [2.45, 2.75) is 6.54 Å². The molecule has 8 nitrogen and oxygen atoms in total. The summed E-state index contributed by atoms with van der Waals surface area (Å²) in [5.74, 6) is -0.640. The zero-order chi connectivity index (χ0) is 11.4. The average Bonchev–Trinajstić information content (AvgIpc) is 2.65. The number of carbonyl (C=O) groups excluding carboxylic acids is 1. The van der Waals surface area contributed by atoms with E-state index in [0.29, 0.717) is 0 Å². The van der Waals surface area contributed by atoms with Gasteiger partial charge in [0.1, 0.15) is 6.54 Å². The predicted molar refractivity (Wildman–Crippen MR) is 48.7 cm³/mol. The quantitative estimate of drug-likeness (QED) is 0.511. The van der Waals surface area contributed by atoms with E-state index in [-0.39, 0.29) is 18.3 Å². The second-order valence-corrected chi connectivity index (χ2v) is 2.70. The highest BCUT2D eigenvalue weighted by molar-refractivity contribution is 5.74. The zero-order valence-corrected chi connectivity index (χ0v) is 8.28. The van der Waals surface area contributed by atoms with E-state index in [9.17, 15) is 14.9 Å². The van der Waals surface area contributed by atoms with Crippen molar-refractivity contribution in [3.63, 3.8) is 0 Å². The Hall–Kier alpha value is -1.96. The number of nitro groups is 1. The van der Waals surface area contributed by atoms with Crippen LogP contribution in [0.3, 0.4) is 0 Å². The van der Waals surface area contributed by atoms with Gasteiger partial charge < -0.3 is 10.1 Å². The van der Waals surface area contributed by atoms with E-state index in [1.165, 1.54) is 31.1 Å². The molecule has 82 valence electrons. The van der Waals surface area contributed by atoms with Crippen LogP contribution in [0.4, 0.5) is 5.82 Å². The van der Waals surface area contributed by atoms with E-state index in [1.54, 1.807) is 0 Å². The number of hydroxylamine groups is 2. The molecule has 8 heteroatoms. The van der Waals surface area contributed by atoms with Gasteiger partial charge in [0.05, 0.1) is 24.5 Å². The Balaban J connectivity index is 2.65. The SMILES string of the molecule is CON(C)C(=O)Cn1ccc([N+](=O)[O-])n1. The van der Waals surface area contributed by atoms with Gasteiger partial charge in [-0.25, -0.2) is 5.06 Å². The molecule has 0 saturated heterocycles. The van der Waals surface area contributed by atoms with E-state index in [1.807, 2.05) is 0 Å². The third-order valence-electron chi connectivity index (χ3n) is 1.74. The summed E-state index contributed by atoms with van der Waals surface area (Å²) in [6.07, 6.45) is 1.36. The van der Waals surface area contributed by atoms with Gasteiger partial charge in [-0.1, -0.05) is 0 Å². The first kappa shape index (κ1) is 11.1. The first-order valence-corrected chi connectivity index (χ1v) is 4.03. The van der Waals surface area contributed by atoms with Crippen LogP contribution < -0.4 is 0 Å². The number of amides is 1. The van der Waals surface area contributed by atoms with Crippen LogP contribution in [-0.4, -0.2) is 39.8 Å². The molecule has 0 fully saturated rings. The number of hydrogen-bond donors (Lipinski definition) is 0. The molecule has 1 rings (SSSR count). The van der Waals surface area contributed by atoms with Crippen LogP contribution >= 0.6 is 0 Å². The molecule has 0 aliphatic carbocycles. The van der Waals surface area contributed by atoms with Gasteiger partial charge in [0, 0.05) is 7.05 Å². The maximum absolute atomic E-state index is 11.3. The Kier molecular flexibility index (Phi) is 3.34. The van der Waals surface area contributed by atoms with Gasteiger partial charge in [-0.2, -0.15) is 4.68 Å². The Morgan fingerprint density at radius 3 is 2.93 bits per heavy atom. The highest BCUT2D eigenvalue weighted by atomic mass is 16.7. The smallest absolute Gasteiger partial charge is 0.358 e. The maximum atomic E-state index is 11.3. The molecular formula is C7H10N4O4. The molecule has 1 aromatic heterocycles. The fourth-order valence-electron chi connectivity index (χ4n) is 0.876. The van der Waals surface area contributed by atoms with E-state index >= 15 is 0 Å². The van der Waals surface area contributed by atoms with Crippen molar-refractivity contribution >= 4 is 11.7 Å². The minimum Gasteiger partial charge on any atom is -0.358 e. The predicted octanol–water partition coefficient (Wildman–Crippen LogP) is -0.189. The second-order valence-electron chi connectivity index (χ2n) is 2.70. The van der Waals surface area contributed by atoms with Gasteiger partial charge >= 0.3 is 5.82 Å². The summed E-state index contributed by atoms with van der Waals surface area (Å²) in [5, 5.41) is 14.9. The summed E-state index contributed by atoms with van der Waals surface area (Å²) in [4.78, 5) is 25.6. The topological polar surface area (TPSA) is 90.5 Å². The van der Waals surface area contributed by atoms with Crippen LogP contribution in [0.2, 0.25) is 0 Å². The molecule has 0 aliphatic heterocycles. The van der Waals surface area contributed by atoms with Crippen LogP contribution in [0, 0.1) is 10.1 Å². The van der Waals surface area contributed by atoms with Crippen LogP contribution in [0.25, 0.3) is 0 Å². The monoisotopic (exact) mass is 214 g/mol. The van der Waals surface area contributed by atoms with E-state index in [0.717, 1.165) is 5.06 Å². The first-order valence-electron chi connectivity index (χ1n) is 4.03. The number of carbonyl (C=O) groups is 1. The number of aromatic nitrogens is 2. The number of likely N-dealkylation sites (N-methyl/N-ethyl adjacent to an activating group) is 1. The van der Waals surface area contributed by atoms with Crippen molar-refractivity contribution in [2.75, 3.05) is 14.2 Å². The summed E-state index contributed by atoms with van der Waals surface area (Å²) >= 11 is 0. The number of rotatable bonds is 4. The zero-order valence-electron chi connectivity index (χ0n) is 8.28. The van der Waals surface area contributed by atoms with E-state index in [2.05, 4.69) is 9.94 Å². The largest absolute Gasteiger partial charge is 0.389 e. The minimum absolute atomic E-state index is 0.0990. The number of nitrogens with zero attached hydrogens (tertiary/aromatic N) is 4. The highest BCUT2D eigenvalue weighted by Gasteiger charge is 2.15. The Bertz CT molecular complexity index is 375. The molecule has 0 aliphatic rings. The van der Waals surface area contributed by atoms with Gasteiger partial charge in [0.15, 0.2) is 0 Å². The molecule has 1 heterocycles. The fraction of sp³-hybridized carbons (Fsp3) is 0.429. The summed E-state index contributed by atoms with van der Waals surface area (Å²) < 4.78 is 1.18. The molecule has 1 amide bonds. The molecule has 0 saturated carbocycles. The third-order valence-corrected chi connectivity index (χ3v) is 1.74. The van der Waals surface area contributed by atoms with Crippen LogP contribution in [-0.2, 0) is 16.2 Å². The minimum atomic E-state index is -0.624. The molecule has 0 aromatic carbocycles. The average molecular weight is 214 g/mol. The molecular weight excluding hydrogens is 204 g/mol. The van der Waals surface area contributed by atoms with Gasteiger partial charge in [-0.15, -0.1) is 0 Å². The summed E-state index contributed by atoms with van der Waals surface area (Å²) in [5.41, 5.74) is 0. The molecule has 0 unspecified atom stereocenters. The standard InChI is InChI=1S/C7H10N4O4/c1-9(15-2)7(12)5-10-4-3-6(8-10)11(13)14/h3-4H,5H2,1-2H3. The van der Waals surface area contributed by atoms with E-state index in [4.69, 9.17) is 0 Å². The van der Waals surface area contributed by atoms with Crippen molar-refractivity contribution in [3.8, 4) is 0 Å². The lowest BCUT2D eigenvalue weighted by molar-refractivity contribution is -0.389. The molecule has 0 bridgehead atoms. The van der Waals surface area contributed by atoms with Crippen LogP contribution in [0.1, 0.15) is 0 Å². The molecule has 0 atom stereocenters. The van der Waals surface area contributed by atoms with Crippen molar-refractivity contribution < 1.29 is 14.6 Å². The Morgan fingerprint density at radius 1 is 1.80 bits per heavy atom. The fourth-order valence-corrected chi connectivity index (χ4v) is 0.876. The second kappa shape index (κ2) is 4.51. The molecule has 0 radical (unpaired) electrons. The van der Waals surface area contributed by atoms with E-state index < -0.39 is 4.92 Å². The summed E-state index contributed by atoms with van der Waals surface area (Å²) in [6, 6.07) is 1.22. The van der Waals surface area contributed by atoms with Crippen molar-refractivity contribution in [3.05, 3.63) is 22.4 Å². The van der Waals surface area contributed by atoms with Crippen molar-refractivity contribution in [2.24, 2.45) is 0 Å². The lowest BCUT2D eigenvalue weighted by Gasteiger charge is -2.11. The van der Waals surface area contributed by atoms with Gasteiger partial charge in [0.2, 0.25) is 0 Å². The lowest BCUT2D eigenvalue weighted by Crippen LogP contribution is -2.29. The lowest BCUT2D eigenvalue weighted by atomic mass is 10.6. The summed E-state index contributed by atoms with van der Waals surface area (Å²) in [7, 11) is 2.80. The van der Waals surface area contributed by atoms with Crippen molar-refractivity contribution in [1.82, 2.24) is 14.8 Å². The molecule has 15 heavy (non-hydrogen) atoms. The number of hydrogen-bond acceptors (Lipinski definition) is 5. The van der Waals surface area contributed by atoms with Crippen LogP contribution in [0.5, 0.6) is 0 Å². The Labute approximate surface area is 85.1 Å². The van der Waals surface area contributed by atoms with Gasteiger partial charge in [-0.05, 0) is 4.92 Å². The first-order chi connectivity index (χ1) is 7.04. The molecule has 0 N–H and O–H groups in total. The van der Waals surface area contributed by atoms with Crippen LogP contribution in [0.15, 0.2) is 12.3 Å². The maximum Gasteiger partial charge on any atom is 0.389 e. The van der Waals surface area contributed by atoms with Gasteiger partial charge in [-0.3, -0.25) is 9.63 Å². The third kappa shape index (κ3) is 2.74. The molecule has 0 spiro atoms. The highest BCUT2D eigenvalue weighted by Crippen LogP contribution is 2.05. The Morgan fingerprint density at radius 2 is 2.47 bits per heavy atom. The van der Waals surface area contributed by atoms with Crippen molar-refractivity contribution in [1.29, 1.82) is 0 Å². The van der Waals surface area contributed by atoms with Gasteiger partial charge in [0.25, 0.3) is 5.91 Å². The summed E-state index contributed by atoms with van der Waals surface area (Å²) in [6.45, 7) is -0.0990. The molecule has 1 aromatic rings. The normalized spacial score (nSPS) is 10.0.